The summed E-state index contributed by atoms with van der Waals surface area (Å²) >= 11 is 0. The van der Waals surface area contributed by atoms with E-state index in [0.29, 0.717) is 24.6 Å². The summed E-state index contributed by atoms with van der Waals surface area (Å²) in [7, 11) is 0. The molecule has 0 spiro atoms. The fourth-order valence-electron chi connectivity index (χ4n) is 2.60. The minimum absolute atomic E-state index is 0.200. The highest BCUT2D eigenvalue weighted by Crippen LogP contribution is 2.29. The first-order chi connectivity index (χ1) is 9.56. The standard InChI is InChI=1S/C16H23F2NO/c1-11(2)19-9-13-7-14(17)8-15(18)16(13)20-10-12-5-3-4-6-12/h7-8,11-12,19H,3-6,9-10H2,1-2H3. The zero-order valence-corrected chi connectivity index (χ0v) is 12.2. The van der Waals surface area contributed by atoms with Crippen LogP contribution in [0.4, 0.5) is 8.78 Å². The summed E-state index contributed by atoms with van der Waals surface area (Å²) in [5.74, 6) is -0.461. The molecule has 1 N–H and O–H groups in total. The van der Waals surface area contributed by atoms with E-state index in [2.05, 4.69) is 5.32 Å². The normalized spacial score (nSPS) is 16.1. The average Bonchev–Trinajstić information content (AvgIpc) is 2.88. The van der Waals surface area contributed by atoms with Crippen LogP contribution >= 0.6 is 0 Å². The Balaban J connectivity index is 2.07. The molecule has 4 heteroatoms. The van der Waals surface area contributed by atoms with Gasteiger partial charge in [-0.1, -0.05) is 26.7 Å². The summed E-state index contributed by atoms with van der Waals surface area (Å²) in [4.78, 5) is 0. The minimum Gasteiger partial charge on any atom is -0.490 e. The monoisotopic (exact) mass is 283 g/mol. The fourth-order valence-corrected chi connectivity index (χ4v) is 2.60. The maximum atomic E-state index is 13.9. The molecule has 0 unspecified atom stereocenters. The largest absolute Gasteiger partial charge is 0.490 e. The zero-order valence-electron chi connectivity index (χ0n) is 12.2. The Morgan fingerprint density at radius 1 is 1.25 bits per heavy atom. The van der Waals surface area contributed by atoms with Crippen LogP contribution in [0.1, 0.15) is 45.1 Å². The summed E-state index contributed by atoms with van der Waals surface area (Å²) < 4.78 is 32.9. The van der Waals surface area contributed by atoms with Crippen LogP contribution < -0.4 is 10.1 Å². The summed E-state index contributed by atoms with van der Waals surface area (Å²) in [6.45, 7) is 4.92. The fraction of sp³-hybridized carbons (Fsp3) is 0.625. The van der Waals surface area contributed by atoms with Crippen molar-refractivity contribution in [3.8, 4) is 5.75 Å². The van der Waals surface area contributed by atoms with Crippen LogP contribution in [-0.2, 0) is 6.54 Å². The number of benzene rings is 1. The topological polar surface area (TPSA) is 21.3 Å². The molecular weight excluding hydrogens is 260 g/mol. The summed E-state index contributed by atoms with van der Waals surface area (Å²) in [6, 6.07) is 2.50. The number of halogens is 2. The van der Waals surface area contributed by atoms with E-state index in [1.165, 1.54) is 18.9 Å². The van der Waals surface area contributed by atoms with Crippen molar-refractivity contribution >= 4 is 0 Å². The lowest BCUT2D eigenvalue weighted by Crippen LogP contribution is -2.23. The van der Waals surface area contributed by atoms with Gasteiger partial charge >= 0.3 is 0 Å². The van der Waals surface area contributed by atoms with Crippen molar-refractivity contribution in [3.05, 3.63) is 29.3 Å². The van der Waals surface area contributed by atoms with E-state index in [0.717, 1.165) is 18.9 Å². The minimum atomic E-state index is -0.608. The summed E-state index contributed by atoms with van der Waals surface area (Å²) in [5, 5.41) is 3.17. The lowest BCUT2D eigenvalue weighted by Gasteiger charge is -2.17. The van der Waals surface area contributed by atoms with E-state index in [4.69, 9.17) is 4.74 Å². The maximum Gasteiger partial charge on any atom is 0.168 e. The Hall–Kier alpha value is -1.16. The maximum absolute atomic E-state index is 13.9. The number of hydrogen-bond acceptors (Lipinski definition) is 2. The van der Waals surface area contributed by atoms with Crippen molar-refractivity contribution in [2.75, 3.05) is 6.61 Å². The smallest absolute Gasteiger partial charge is 0.168 e. The van der Waals surface area contributed by atoms with Gasteiger partial charge in [-0.3, -0.25) is 0 Å². The highest BCUT2D eigenvalue weighted by atomic mass is 19.1. The van der Waals surface area contributed by atoms with E-state index >= 15 is 0 Å². The molecule has 0 heterocycles. The Bertz CT molecular complexity index is 442. The molecule has 0 radical (unpaired) electrons. The van der Waals surface area contributed by atoms with Crippen LogP contribution in [0, 0.1) is 17.6 Å². The molecule has 1 aromatic rings. The molecule has 20 heavy (non-hydrogen) atoms. The number of rotatable bonds is 6. The van der Waals surface area contributed by atoms with Gasteiger partial charge in [0.05, 0.1) is 6.61 Å². The molecule has 2 nitrogen and oxygen atoms in total. The van der Waals surface area contributed by atoms with Gasteiger partial charge in [0.2, 0.25) is 0 Å². The second-order valence-corrected chi connectivity index (χ2v) is 5.87. The van der Waals surface area contributed by atoms with E-state index in [-0.39, 0.29) is 11.8 Å². The van der Waals surface area contributed by atoms with Crippen LogP contribution in [0.25, 0.3) is 0 Å². The van der Waals surface area contributed by atoms with Crippen LogP contribution in [0.15, 0.2) is 12.1 Å². The third-order valence-electron chi connectivity index (χ3n) is 3.72. The first kappa shape index (κ1) is 15.2. The molecule has 112 valence electrons. The van der Waals surface area contributed by atoms with Gasteiger partial charge in [0.25, 0.3) is 0 Å². The van der Waals surface area contributed by atoms with Gasteiger partial charge in [-0.25, -0.2) is 8.78 Å². The second kappa shape index (κ2) is 7.02. The summed E-state index contributed by atoms with van der Waals surface area (Å²) in [5.41, 5.74) is 0.550. The Labute approximate surface area is 119 Å². The predicted molar refractivity (Wildman–Crippen MR) is 75.8 cm³/mol. The Kier molecular flexibility index (Phi) is 5.35. The zero-order chi connectivity index (χ0) is 14.5. The van der Waals surface area contributed by atoms with Crippen molar-refractivity contribution in [3.63, 3.8) is 0 Å². The second-order valence-electron chi connectivity index (χ2n) is 5.87. The molecule has 1 aliphatic rings. The quantitative estimate of drug-likeness (QED) is 0.851. The Morgan fingerprint density at radius 2 is 1.95 bits per heavy atom. The molecule has 1 saturated carbocycles. The van der Waals surface area contributed by atoms with Crippen LogP contribution in [0.5, 0.6) is 5.75 Å². The van der Waals surface area contributed by atoms with E-state index in [9.17, 15) is 8.78 Å². The van der Waals surface area contributed by atoms with Gasteiger partial charge in [-0.05, 0) is 24.8 Å². The number of nitrogens with one attached hydrogen (secondary N) is 1. The van der Waals surface area contributed by atoms with Crippen LogP contribution in [0.3, 0.4) is 0 Å². The van der Waals surface area contributed by atoms with Crippen molar-refractivity contribution < 1.29 is 13.5 Å². The lowest BCUT2D eigenvalue weighted by atomic mass is 10.1. The van der Waals surface area contributed by atoms with E-state index in [1.54, 1.807) is 0 Å². The molecule has 1 fully saturated rings. The van der Waals surface area contributed by atoms with Gasteiger partial charge in [0.15, 0.2) is 11.6 Å². The molecule has 1 aromatic carbocycles. The Morgan fingerprint density at radius 3 is 2.60 bits per heavy atom. The van der Waals surface area contributed by atoms with Gasteiger partial charge < -0.3 is 10.1 Å². The van der Waals surface area contributed by atoms with Crippen molar-refractivity contribution in [2.45, 2.75) is 52.1 Å². The van der Waals surface area contributed by atoms with E-state index in [1.807, 2.05) is 13.8 Å². The highest BCUT2D eigenvalue weighted by molar-refractivity contribution is 5.35. The average molecular weight is 283 g/mol. The van der Waals surface area contributed by atoms with Crippen LogP contribution in [0.2, 0.25) is 0 Å². The molecule has 2 rings (SSSR count). The first-order valence-electron chi connectivity index (χ1n) is 7.40. The predicted octanol–water partition coefficient (Wildman–Crippen LogP) is 4.03. The third kappa shape index (κ3) is 4.17. The molecule has 0 bridgehead atoms. The van der Waals surface area contributed by atoms with E-state index < -0.39 is 11.6 Å². The first-order valence-corrected chi connectivity index (χ1v) is 7.40. The molecule has 0 atom stereocenters. The number of hydrogen-bond donors (Lipinski definition) is 1. The molecule has 0 aromatic heterocycles. The molecule has 0 saturated heterocycles. The SMILES string of the molecule is CC(C)NCc1cc(F)cc(F)c1OCC1CCCC1. The van der Waals surface area contributed by atoms with Gasteiger partial charge in [-0.2, -0.15) is 0 Å². The molecular formula is C16H23F2NO. The molecule has 0 aliphatic heterocycles. The van der Waals surface area contributed by atoms with Gasteiger partial charge in [0.1, 0.15) is 5.82 Å². The van der Waals surface area contributed by atoms with Crippen molar-refractivity contribution in [1.82, 2.24) is 5.32 Å². The molecule has 0 amide bonds. The van der Waals surface area contributed by atoms with Crippen molar-refractivity contribution in [1.29, 1.82) is 0 Å². The molecule has 1 aliphatic carbocycles. The lowest BCUT2D eigenvalue weighted by molar-refractivity contribution is 0.238. The third-order valence-corrected chi connectivity index (χ3v) is 3.72. The van der Waals surface area contributed by atoms with Gasteiger partial charge in [-0.15, -0.1) is 0 Å². The number of ether oxygens (including phenoxy) is 1. The van der Waals surface area contributed by atoms with Crippen molar-refractivity contribution in [2.24, 2.45) is 5.92 Å². The van der Waals surface area contributed by atoms with Gasteiger partial charge in [0, 0.05) is 24.2 Å². The summed E-state index contributed by atoms with van der Waals surface area (Å²) in [6.07, 6.45) is 4.73. The highest BCUT2D eigenvalue weighted by Gasteiger charge is 2.18. The van der Waals surface area contributed by atoms with Crippen LogP contribution in [-0.4, -0.2) is 12.6 Å².